The van der Waals surface area contributed by atoms with Gasteiger partial charge in [0.05, 0.1) is 23.4 Å². The molecule has 1 aliphatic heterocycles. The first-order chi connectivity index (χ1) is 15.4. The molecule has 0 radical (unpaired) electrons. The first-order valence-corrected chi connectivity index (χ1v) is 10.8. The van der Waals surface area contributed by atoms with Crippen LogP contribution in [0.5, 0.6) is 5.75 Å². The molecule has 5 rings (SSSR count). The molecule has 1 aliphatic carbocycles. The minimum absolute atomic E-state index is 0.257. The molecule has 32 heavy (non-hydrogen) atoms. The molecule has 1 saturated carbocycles. The molecule has 0 spiro atoms. The van der Waals surface area contributed by atoms with Crippen LogP contribution in [-0.2, 0) is 13.0 Å². The van der Waals surface area contributed by atoms with Crippen molar-refractivity contribution in [3.05, 3.63) is 52.9 Å². The van der Waals surface area contributed by atoms with Gasteiger partial charge in [-0.15, -0.1) is 0 Å². The average molecular weight is 446 g/mol. The number of benzene rings is 1. The van der Waals surface area contributed by atoms with E-state index in [2.05, 4.69) is 15.3 Å². The van der Waals surface area contributed by atoms with Crippen molar-refractivity contribution >= 4 is 11.0 Å². The van der Waals surface area contributed by atoms with Gasteiger partial charge in [0, 0.05) is 36.0 Å². The second-order valence-corrected chi connectivity index (χ2v) is 8.69. The van der Waals surface area contributed by atoms with Gasteiger partial charge in [0.25, 0.3) is 6.43 Å². The third kappa shape index (κ3) is 3.34. The summed E-state index contributed by atoms with van der Waals surface area (Å²) < 4.78 is 49.8. The molecule has 2 N–H and O–H groups in total. The lowest BCUT2D eigenvalue weighted by Gasteiger charge is -2.26. The van der Waals surface area contributed by atoms with E-state index in [1.165, 1.54) is 6.33 Å². The number of halogens is 3. The van der Waals surface area contributed by atoms with Crippen molar-refractivity contribution in [3.8, 4) is 5.75 Å². The Hall–Kier alpha value is -2.65. The smallest absolute Gasteiger partial charge is 0.266 e. The van der Waals surface area contributed by atoms with Gasteiger partial charge < -0.3 is 19.7 Å². The highest BCUT2D eigenvalue weighted by molar-refractivity contribution is 5.78. The molecule has 1 fully saturated rings. The third-order valence-electron chi connectivity index (χ3n) is 6.89. The van der Waals surface area contributed by atoms with Crippen LogP contribution in [0.1, 0.15) is 48.2 Å². The number of nitrogens with one attached hydrogen (secondary N) is 1. The third-order valence-corrected chi connectivity index (χ3v) is 6.89. The Morgan fingerprint density at radius 2 is 2.09 bits per heavy atom. The van der Waals surface area contributed by atoms with Crippen LogP contribution in [0.2, 0.25) is 0 Å². The van der Waals surface area contributed by atoms with Gasteiger partial charge in [-0.2, -0.15) is 0 Å². The average Bonchev–Trinajstić information content (AvgIpc) is 3.33. The largest absolute Gasteiger partial charge is 0.490 e. The van der Waals surface area contributed by atoms with Crippen LogP contribution in [0, 0.1) is 18.7 Å². The molecule has 4 atom stereocenters. The van der Waals surface area contributed by atoms with Crippen molar-refractivity contribution in [1.82, 2.24) is 19.9 Å². The van der Waals surface area contributed by atoms with Crippen molar-refractivity contribution in [3.63, 3.8) is 0 Å². The minimum Gasteiger partial charge on any atom is -0.490 e. The maximum Gasteiger partial charge on any atom is 0.266 e. The van der Waals surface area contributed by atoms with Crippen LogP contribution >= 0.6 is 0 Å². The summed E-state index contributed by atoms with van der Waals surface area (Å²) in [7, 11) is 0. The highest BCUT2D eigenvalue weighted by Gasteiger charge is 2.43. The van der Waals surface area contributed by atoms with Gasteiger partial charge in [-0.3, -0.25) is 0 Å². The van der Waals surface area contributed by atoms with E-state index in [4.69, 9.17) is 4.74 Å². The van der Waals surface area contributed by atoms with E-state index in [1.54, 1.807) is 0 Å². The van der Waals surface area contributed by atoms with Crippen LogP contribution in [0.3, 0.4) is 0 Å². The Balaban J connectivity index is 1.48. The van der Waals surface area contributed by atoms with Crippen LogP contribution in [-0.4, -0.2) is 38.4 Å². The summed E-state index contributed by atoms with van der Waals surface area (Å²) in [6.45, 7) is 4.67. The van der Waals surface area contributed by atoms with E-state index in [-0.39, 0.29) is 17.7 Å². The first kappa shape index (κ1) is 21.2. The predicted molar refractivity (Wildman–Crippen MR) is 112 cm³/mol. The maximum atomic E-state index is 14.6. The number of ether oxygens (including phenoxy) is 1. The van der Waals surface area contributed by atoms with Gasteiger partial charge in [0.1, 0.15) is 29.6 Å². The maximum absolute atomic E-state index is 14.6. The summed E-state index contributed by atoms with van der Waals surface area (Å²) in [4.78, 5) is 8.59. The lowest BCUT2D eigenvalue weighted by atomic mass is 9.96. The Kier molecular flexibility index (Phi) is 5.33. The van der Waals surface area contributed by atoms with Crippen molar-refractivity contribution in [2.24, 2.45) is 5.92 Å². The summed E-state index contributed by atoms with van der Waals surface area (Å²) in [6.07, 6.45) is 0.125. The Labute approximate surface area is 183 Å². The van der Waals surface area contributed by atoms with E-state index in [0.717, 1.165) is 22.8 Å². The highest BCUT2D eigenvalue weighted by atomic mass is 19.3. The normalized spacial score (nSPS) is 25.5. The van der Waals surface area contributed by atoms with Gasteiger partial charge in [-0.05, 0) is 37.6 Å². The molecule has 2 aliphatic rings. The topological polar surface area (TPSA) is 72.2 Å². The van der Waals surface area contributed by atoms with E-state index >= 15 is 0 Å². The van der Waals surface area contributed by atoms with E-state index in [0.29, 0.717) is 37.1 Å². The lowest BCUT2D eigenvalue weighted by molar-refractivity contribution is 0.0739. The summed E-state index contributed by atoms with van der Waals surface area (Å²) in [5, 5.41) is 15.1. The minimum atomic E-state index is -2.92. The summed E-state index contributed by atoms with van der Waals surface area (Å²) in [5.74, 6) is -0.827. The number of alkyl halides is 2. The van der Waals surface area contributed by atoms with Crippen molar-refractivity contribution in [2.45, 2.75) is 57.9 Å². The number of rotatable bonds is 4. The van der Waals surface area contributed by atoms with E-state index in [1.807, 2.05) is 30.7 Å². The molecule has 0 saturated heterocycles. The molecule has 3 aromatic rings. The molecule has 170 valence electrons. The van der Waals surface area contributed by atoms with Crippen LogP contribution < -0.4 is 10.1 Å². The van der Waals surface area contributed by atoms with Gasteiger partial charge >= 0.3 is 0 Å². The number of aryl methyl sites for hydroxylation is 1. The Morgan fingerprint density at radius 1 is 1.28 bits per heavy atom. The van der Waals surface area contributed by atoms with Crippen LogP contribution in [0.25, 0.3) is 11.0 Å². The molecule has 2 aromatic heterocycles. The molecule has 3 heterocycles. The fraction of sp³-hybridized carbons (Fsp3) is 0.478. The quantitative estimate of drug-likeness (QED) is 0.637. The molecule has 0 amide bonds. The number of nitrogens with zero attached hydrogens (tertiary/aromatic N) is 3. The lowest BCUT2D eigenvalue weighted by Crippen LogP contribution is -2.29. The highest BCUT2D eigenvalue weighted by Crippen LogP contribution is 2.42. The van der Waals surface area contributed by atoms with E-state index in [9.17, 15) is 18.3 Å². The van der Waals surface area contributed by atoms with Gasteiger partial charge in [0.15, 0.2) is 0 Å². The fourth-order valence-corrected chi connectivity index (χ4v) is 5.02. The molecule has 6 nitrogen and oxygen atoms in total. The SMILES string of the molecule is Cc1ncnc2c1ccn2C1CC(Oc2cc(C(F)F)c(F)c3c2CNCC3)[C@@H](C)[C@H]1O. The zero-order valence-electron chi connectivity index (χ0n) is 17.9. The summed E-state index contributed by atoms with van der Waals surface area (Å²) in [6, 6.07) is 2.76. The molecule has 2 unspecified atom stereocenters. The second-order valence-electron chi connectivity index (χ2n) is 8.69. The Morgan fingerprint density at radius 3 is 2.88 bits per heavy atom. The number of aliphatic hydroxyl groups is 1. The number of hydrogen-bond acceptors (Lipinski definition) is 5. The van der Waals surface area contributed by atoms with Crippen molar-refractivity contribution in [1.29, 1.82) is 0 Å². The zero-order valence-corrected chi connectivity index (χ0v) is 17.9. The van der Waals surface area contributed by atoms with Gasteiger partial charge in [0.2, 0.25) is 0 Å². The monoisotopic (exact) mass is 446 g/mol. The van der Waals surface area contributed by atoms with Gasteiger partial charge in [-0.25, -0.2) is 23.1 Å². The first-order valence-electron chi connectivity index (χ1n) is 10.8. The molecule has 1 aromatic carbocycles. The van der Waals surface area contributed by atoms with Crippen LogP contribution in [0.15, 0.2) is 24.7 Å². The number of fused-ring (bicyclic) bond motifs is 2. The van der Waals surface area contributed by atoms with Crippen molar-refractivity contribution in [2.75, 3.05) is 6.54 Å². The molecule has 9 heteroatoms. The predicted octanol–water partition coefficient (Wildman–Crippen LogP) is 3.85. The number of aromatic nitrogens is 3. The molecular weight excluding hydrogens is 421 g/mol. The van der Waals surface area contributed by atoms with Crippen LogP contribution in [0.4, 0.5) is 13.2 Å². The number of aliphatic hydroxyl groups excluding tert-OH is 1. The molecule has 0 bridgehead atoms. The standard InChI is InChI=1S/C23H25F3N4O2/c1-11-18(8-17(21(11)31)30-6-4-13-12(2)28-10-29-23(13)30)32-19-7-15(22(25)26)20(24)14-3-5-27-9-16(14)19/h4,6-7,10-11,17-18,21-22,27,31H,3,5,8-9H2,1-2H3/t11-,17?,18?,21-/m1/s1. The summed E-state index contributed by atoms with van der Waals surface area (Å²) in [5.41, 5.74) is 1.83. The summed E-state index contributed by atoms with van der Waals surface area (Å²) >= 11 is 0. The fourth-order valence-electron chi connectivity index (χ4n) is 5.02. The molecular formula is C23H25F3N4O2. The van der Waals surface area contributed by atoms with Crippen molar-refractivity contribution < 1.29 is 23.0 Å². The second kappa shape index (κ2) is 8.04. The Bertz CT molecular complexity index is 1170. The van der Waals surface area contributed by atoms with Gasteiger partial charge in [-0.1, -0.05) is 6.92 Å². The zero-order chi connectivity index (χ0) is 22.6. The van der Waals surface area contributed by atoms with E-state index < -0.39 is 30.0 Å². The number of hydrogen-bond donors (Lipinski definition) is 2.